The maximum absolute atomic E-state index is 13.4. The molecule has 1 aliphatic carbocycles. The molecular formula is C14H26F2N2. The van der Waals surface area contributed by atoms with E-state index < -0.39 is 5.92 Å². The molecule has 1 saturated carbocycles. The Bertz CT molecular complexity index is 256. The minimum Gasteiger partial charge on any atom is -0.330 e. The van der Waals surface area contributed by atoms with E-state index in [9.17, 15) is 8.78 Å². The second-order valence-electron chi connectivity index (χ2n) is 6.16. The highest BCUT2D eigenvalue weighted by Gasteiger charge is 2.37. The molecule has 1 saturated heterocycles. The van der Waals surface area contributed by atoms with E-state index in [1.807, 2.05) is 0 Å². The first-order valence-corrected chi connectivity index (χ1v) is 7.39. The Kier molecular flexibility index (Phi) is 4.96. The van der Waals surface area contributed by atoms with Gasteiger partial charge in [-0.05, 0) is 57.0 Å². The molecule has 2 rings (SSSR count). The number of nitrogens with two attached hydrogens (primary N) is 1. The zero-order valence-electron chi connectivity index (χ0n) is 11.2. The van der Waals surface area contributed by atoms with Gasteiger partial charge in [-0.15, -0.1) is 0 Å². The van der Waals surface area contributed by atoms with Crippen LogP contribution in [0.25, 0.3) is 0 Å². The normalized spacial score (nSPS) is 33.5. The first kappa shape index (κ1) is 14.2. The lowest BCUT2D eigenvalue weighted by molar-refractivity contribution is -0.0582. The molecule has 2 atom stereocenters. The summed E-state index contributed by atoms with van der Waals surface area (Å²) in [6.45, 7) is 3.78. The third kappa shape index (κ3) is 4.16. The van der Waals surface area contributed by atoms with E-state index >= 15 is 0 Å². The second kappa shape index (κ2) is 6.29. The van der Waals surface area contributed by atoms with Crippen LogP contribution in [0.4, 0.5) is 8.78 Å². The first-order valence-electron chi connectivity index (χ1n) is 7.39. The number of likely N-dealkylation sites (tertiary alicyclic amines) is 1. The van der Waals surface area contributed by atoms with Crippen LogP contribution in [-0.4, -0.2) is 37.0 Å². The lowest BCUT2D eigenvalue weighted by Gasteiger charge is -2.37. The molecule has 0 aromatic carbocycles. The second-order valence-corrected chi connectivity index (χ2v) is 6.16. The Hall–Kier alpha value is -0.220. The lowest BCUT2D eigenvalue weighted by Crippen LogP contribution is -2.41. The average molecular weight is 260 g/mol. The third-order valence-electron chi connectivity index (χ3n) is 4.44. The standard InChI is InChI=1S/C14H26F2N2/c15-14(16)6-1-3-13(9-14)11-18-8-2-4-12(10-18)5-7-17/h12-13H,1-11,17H2. The zero-order chi connectivity index (χ0) is 13.0. The van der Waals surface area contributed by atoms with Crippen molar-refractivity contribution in [2.75, 3.05) is 26.2 Å². The van der Waals surface area contributed by atoms with Crippen molar-refractivity contribution in [2.45, 2.75) is 50.9 Å². The average Bonchev–Trinajstić information content (AvgIpc) is 2.28. The summed E-state index contributed by atoms with van der Waals surface area (Å²) in [6, 6.07) is 0. The summed E-state index contributed by atoms with van der Waals surface area (Å²) < 4.78 is 26.7. The van der Waals surface area contributed by atoms with Gasteiger partial charge in [0.1, 0.15) is 0 Å². The molecular weight excluding hydrogens is 234 g/mol. The van der Waals surface area contributed by atoms with Crippen LogP contribution in [0.2, 0.25) is 0 Å². The van der Waals surface area contributed by atoms with Crippen molar-refractivity contribution in [3.05, 3.63) is 0 Å². The van der Waals surface area contributed by atoms with E-state index in [0.29, 0.717) is 12.3 Å². The molecule has 2 fully saturated rings. The number of nitrogens with zero attached hydrogens (tertiary/aromatic N) is 1. The van der Waals surface area contributed by atoms with Gasteiger partial charge in [-0.1, -0.05) is 0 Å². The fourth-order valence-electron chi connectivity index (χ4n) is 3.59. The van der Waals surface area contributed by atoms with Crippen LogP contribution in [0.3, 0.4) is 0 Å². The van der Waals surface area contributed by atoms with Gasteiger partial charge in [0.05, 0.1) is 0 Å². The topological polar surface area (TPSA) is 29.3 Å². The van der Waals surface area contributed by atoms with E-state index in [4.69, 9.17) is 5.73 Å². The minimum atomic E-state index is -2.41. The number of halogens is 2. The van der Waals surface area contributed by atoms with Crippen LogP contribution in [0.15, 0.2) is 0 Å². The summed E-state index contributed by atoms with van der Waals surface area (Å²) >= 11 is 0. The summed E-state index contributed by atoms with van der Waals surface area (Å²) in [4.78, 5) is 2.40. The van der Waals surface area contributed by atoms with Crippen LogP contribution in [0, 0.1) is 11.8 Å². The van der Waals surface area contributed by atoms with Gasteiger partial charge < -0.3 is 10.6 Å². The molecule has 1 aliphatic heterocycles. The largest absolute Gasteiger partial charge is 0.330 e. The molecule has 0 spiro atoms. The number of piperidine rings is 1. The van der Waals surface area contributed by atoms with E-state index in [0.717, 1.165) is 39.0 Å². The quantitative estimate of drug-likeness (QED) is 0.842. The zero-order valence-corrected chi connectivity index (χ0v) is 11.2. The van der Waals surface area contributed by atoms with E-state index in [-0.39, 0.29) is 18.8 Å². The smallest absolute Gasteiger partial charge is 0.248 e. The van der Waals surface area contributed by atoms with Crippen molar-refractivity contribution in [3.8, 4) is 0 Å². The van der Waals surface area contributed by atoms with Crippen molar-refractivity contribution in [2.24, 2.45) is 17.6 Å². The summed E-state index contributed by atoms with van der Waals surface area (Å²) in [5.74, 6) is -1.52. The predicted octanol–water partition coefficient (Wildman–Crippen LogP) is 2.87. The van der Waals surface area contributed by atoms with Gasteiger partial charge in [-0.25, -0.2) is 8.78 Å². The van der Waals surface area contributed by atoms with Crippen molar-refractivity contribution in [3.63, 3.8) is 0 Å². The Morgan fingerprint density at radius 1 is 1.17 bits per heavy atom. The summed E-state index contributed by atoms with van der Waals surface area (Å²) in [5, 5.41) is 0. The molecule has 18 heavy (non-hydrogen) atoms. The number of rotatable bonds is 4. The molecule has 2 unspecified atom stereocenters. The predicted molar refractivity (Wildman–Crippen MR) is 69.7 cm³/mol. The molecule has 0 radical (unpaired) electrons. The molecule has 0 amide bonds. The van der Waals surface area contributed by atoms with Crippen LogP contribution in [-0.2, 0) is 0 Å². The summed E-state index contributed by atoms with van der Waals surface area (Å²) in [5.41, 5.74) is 5.61. The molecule has 0 aromatic rings. The SMILES string of the molecule is NCCC1CCCN(CC2CCCC(F)(F)C2)C1. The first-order chi connectivity index (χ1) is 8.59. The van der Waals surface area contributed by atoms with Gasteiger partial charge in [0.25, 0.3) is 0 Å². The highest BCUT2D eigenvalue weighted by atomic mass is 19.3. The Balaban J connectivity index is 1.78. The van der Waals surface area contributed by atoms with Crippen LogP contribution in [0.5, 0.6) is 0 Å². The van der Waals surface area contributed by atoms with E-state index in [1.165, 1.54) is 12.8 Å². The van der Waals surface area contributed by atoms with Crippen LogP contribution in [0.1, 0.15) is 44.9 Å². The number of hydrogen-bond donors (Lipinski definition) is 1. The maximum Gasteiger partial charge on any atom is 0.248 e. The molecule has 1 heterocycles. The molecule has 2 aliphatic rings. The van der Waals surface area contributed by atoms with Crippen molar-refractivity contribution in [1.82, 2.24) is 4.90 Å². The van der Waals surface area contributed by atoms with Gasteiger partial charge >= 0.3 is 0 Å². The monoisotopic (exact) mass is 260 g/mol. The maximum atomic E-state index is 13.4. The molecule has 0 aromatic heterocycles. The molecule has 106 valence electrons. The lowest BCUT2D eigenvalue weighted by atomic mass is 9.85. The van der Waals surface area contributed by atoms with Crippen molar-refractivity contribution < 1.29 is 8.78 Å². The molecule has 2 nitrogen and oxygen atoms in total. The van der Waals surface area contributed by atoms with Gasteiger partial charge in [0, 0.05) is 25.9 Å². The van der Waals surface area contributed by atoms with E-state index in [2.05, 4.69) is 4.90 Å². The third-order valence-corrected chi connectivity index (χ3v) is 4.44. The van der Waals surface area contributed by atoms with Gasteiger partial charge in [-0.2, -0.15) is 0 Å². The molecule has 0 bridgehead atoms. The Morgan fingerprint density at radius 3 is 2.67 bits per heavy atom. The van der Waals surface area contributed by atoms with Gasteiger partial charge in [0.15, 0.2) is 0 Å². The summed E-state index contributed by atoms with van der Waals surface area (Å²) in [6.07, 6.45) is 5.41. The van der Waals surface area contributed by atoms with Crippen molar-refractivity contribution >= 4 is 0 Å². The fraction of sp³-hybridized carbons (Fsp3) is 1.00. The number of alkyl halides is 2. The Labute approximate surface area is 109 Å². The molecule has 2 N–H and O–H groups in total. The minimum absolute atomic E-state index is 0.0965. The number of hydrogen-bond acceptors (Lipinski definition) is 2. The molecule has 4 heteroatoms. The fourth-order valence-corrected chi connectivity index (χ4v) is 3.59. The van der Waals surface area contributed by atoms with Crippen molar-refractivity contribution in [1.29, 1.82) is 0 Å². The van der Waals surface area contributed by atoms with Gasteiger partial charge in [0.2, 0.25) is 5.92 Å². The van der Waals surface area contributed by atoms with E-state index in [1.54, 1.807) is 0 Å². The summed E-state index contributed by atoms with van der Waals surface area (Å²) in [7, 11) is 0. The Morgan fingerprint density at radius 2 is 1.94 bits per heavy atom. The highest BCUT2D eigenvalue weighted by Crippen LogP contribution is 2.37. The van der Waals surface area contributed by atoms with Crippen LogP contribution >= 0.6 is 0 Å². The van der Waals surface area contributed by atoms with Crippen LogP contribution < -0.4 is 5.73 Å². The van der Waals surface area contributed by atoms with Gasteiger partial charge in [-0.3, -0.25) is 0 Å². The highest BCUT2D eigenvalue weighted by molar-refractivity contribution is 4.82.